The van der Waals surface area contributed by atoms with Gasteiger partial charge in [-0.3, -0.25) is 4.79 Å². The topological polar surface area (TPSA) is 85.0 Å². The van der Waals surface area contributed by atoms with Crippen LogP contribution < -0.4 is 4.72 Å². The molecule has 0 unspecified atom stereocenters. The molecule has 2 aromatic rings. The highest BCUT2D eigenvalue weighted by Crippen LogP contribution is 2.48. The van der Waals surface area contributed by atoms with Crippen molar-refractivity contribution in [2.24, 2.45) is 13.0 Å². The van der Waals surface area contributed by atoms with E-state index in [1.165, 1.54) is 0 Å². The molecule has 33 heavy (non-hydrogen) atoms. The highest BCUT2D eigenvalue weighted by molar-refractivity contribution is 7.89. The van der Waals surface area contributed by atoms with Crippen LogP contribution in [0.25, 0.3) is 15.7 Å². The van der Waals surface area contributed by atoms with E-state index in [1.807, 2.05) is 16.5 Å². The Balaban J connectivity index is 1.28. The van der Waals surface area contributed by atoms with Crippen LogP contribution in [0.4, 0.5) is 5.69 Å². The first-order chi connectivity index (χ1) is 15.9. The number of hydrogen-bond donors (Lipinski definition) is 1. The molecule has 9 heteroatoms. The van der Waals surface area contributed by atoms with Crippen LogP contribution in [0.15, 0.2) is 23.1 Å². The summed E-state index contributed by atoms with van der Waals surface area (Å²) in [6, 6.07) is 4.88. The van der Waals surface area contributed by atoms with Crippen molar-refractivity contribution in [2.75, 3.05) is 26.3 Å². The number of fused-ring (bicyclic) bond motifs is 1. The Hall–Kier alpha value is -2.41. The smallest absolute Gasteiger partial charge is 0.240 e. The van der Waals surface area contributed by atoms with E-state index < -0.39 is 10.0 Å². The standard InChI is InChI=1S/C24H30N4O4S/c1-25-22-20-10-9-19(15-21(20)27(2)23(22)16-3-4-16)33(30,31)26-18-7-5-17(6-8-18)24(29)28-11-13-32-14-12-28/h9-10,15-18,26H,3-8,11-14H2,2H3/t17-,18-. The summed E-state index contributed by atoms with van der Waals surface area (Å²) in [7, 11) is -1.78. The van der Waals surface area contributed by atoms with Crippen molar-refractivity contribution >= 4 is 32.5 Å². The van der Waals surface area contributed by atoms with E-state index >= 15 is 0 Å². The molecule has 2 saturated carbocycles. The predicted molar refractivity (Wildman–Crippen MR) is 125 cm³/mol. The first kappa shape index (κ1) is 22.4. The summed E-state index contributed by atoms with van der Waals surface area (Å²) in [4.78, 5) is 18.6. The average molecular weight is 471 g/mol. The molecule has 1 aliphatic heterocycles. The van der Waals surface area contributed by atoms with E-state index in [9.17, 15) is 13.2 Å². The summed E-state index contributed by atoms with van der Waals surface area (Å²) >= 11 is 0. The van der Waals surface area contributed by atoms with Crippen molar-refractivity contribution < 1.29 is 17.9 Å². The van der Waals surface area contributed by atoms with Crippen molar-refractivity contribution in [2.45, 2.75) is 55.4 Å². The highest BCUT2D eigenvalue weighted by Gasteiger charge is 2.33. The first-order valence-electron chi connectivity index (χ1n) is 11.8. The lowest BCUT2D eigenvalue weighted by atomic mass is 9.85. The van der Waals surface area contributed by atoms with Crippen LogP contribution in [0.5, 0.6) is 0 Å². The largest absolute Gasteiger partial charge is 0.378 e. The molecule has 3 fully saturated rings. The molecule has 3 aliphatic rings. The predicted octanol–water partition coefficient (Wildman–Crippen LogP) is 3.30. The van der Waals surface area contributed by atoms with E-state index in [0.717, 1.165) is 29.4 Å². The van der Waals surface area contributed by atoms with Crippen LogP contribution >= 0.6 is 0 Å². The van der Waals surface area contributed by atoms with Gasteiger partial charge in [-0.15, -0.1) is 0 Å². The Morgan fingerprint density at radius 2 is 1.82 bits per heavy atom. The fourth-order valence-corrected chi connectivity index (χ4v) is 6.64. The molecule has 8 nitrogen and oxygen atoms in total. The van der Waals surface area contributed by atoms with Crippen molar-refractivity contribution in [3.8, 4) is 0 Å². The fraction of sp³-hybridized carbons (Fsp3) is 0.583. The monoisotopic (exact) mass is 470 g/mol. The first-order valence-corrected chi connectivity index (χ1v) is 13.3. The molecule has 0 spiro atoms. The number of ether oxygens (including phenoxy) is 1. The average Bonchev–Trinajstić information content (AvgIpc) is 3.63. The minimum absolute atomic E-state index is 0.0311. The van der Waals surface area contributed by atoms with Crippen LogP contribution in [0.1, 0.15) is 50.1 Å². The van der Waals surface area contributed by atoms with Gasteiger partial charge in [0, 0.05) is 48.7 Å². The minimum Gasteiger partial charge on any atom is -0.378 e. The van der Waals surface area contributed by atoms with Crippen LogP contribution in [0, 0.1) is 12.5 Å². The molecule has 0 atom stereocenters. The molecule has 1 aromatic carbocycles. The number of rotatable bonds is 5. The molecule has 1 saturated heterocycles. The second-order valence-electron chi connectivity index (χ2n) is 9.47. The number of aromatic nitrogens is 1. The van der Waals surface area contributed by atoms with Gasteiger partial charge in [-0.25, -0.2) is 18.0 Å². The third-order valence-electron chi connectivity index (χ3n) is 7.30. The summed E-state index contributed by atoms with van der Waals surface area (Å²) in [5, 5.41) is 0.815. The third-order valence-corrected chi connectivity index (χ3v) is 8.81. The molecule has 1 amide bonds. The Kier molecular flexibility index (Phi) is 5.93. The zero-order valence-electron chi connectivity index (χ0n) is 18.9. The Labute approximate surface area is 194 Å². The van der Waals surface area contributed by atoms with Gasteiger partial charge < -0.3 is 14.2 Å². The maximum Gasteiger partial charge on any atom is 0.240 e. The maximum atomic E-state index is 13.2. The van der Waals surface area contributed by atoms with Gasteiger partial charge >= 0.3 is 0 Å². The minimum atomic E-state index is -3.69. The van der Waals surface area contributed by atoms with E-state index in [1.54, 1.807) is 18.2 Å². The fourth-order valence-electron chi connectivity index (χ4n) is 5.31. The summed E-state index contributed by atoms with van der Waals surface area (Å²) in [5.41, 5.74) is 2.45. The number of benzene rings is 1. The molecule has 5 rings (SSSR count). The van der Waals surface area contributed by atoms with Gasteiger partial charge in [0.2, 0.25) is 21.6 Å². The van der Waals surface area contributed by atoms with E-state index in [4.69, 9.17) is 11.3 Å². The van der Waals surface area contributed by atoms with Gasteiger partial charge in [0.1, 0.15) is 0 Å². The van der Waals surface area contributed by atoms with Gasteiger partial charge in [0.05, 0.1) is 24.7 Å². The van der Waals surface area contributed by atoms with Crippen LogP contribution in [-0.4, -0.2) is 56.1 Å². The lowest BCUT2D eigenvalue weighted by molar-refractivity contribution is -0.140. The van der Waals surface area contributed by atoms with Gasteiger partial charge in [0.25, 0.3) is 0 Å². The van der Waals surface area contributed by atoms with Crippen LogP contribution in [-0.2, 0) is 26.6 Å². The molecule has 2 aliphatic carbocycles. The SMILES string of the molecule is [C-]#[N+]c1c(C2CC2)n(C)c2cc(S(=O)(=O)N[C@H]3CC[C@H](C(=O)N4CCOCC4)CC3)ccc12. The molecular weight excluding hydrogens is 440 g/mol. The highest BCUT2D eigenvalue weighted by atomic mass is 32.2. The second kappa shape index (κ2) is 8.75. The number of nitrogens with one attached hydrogen (secondary N) is 1. The van der Waals surface area contributed by atoms with E-state index in [2.05, 4.69) is 9.57 Å². The second-order valence-corrected chi connectivity index (χ2v) is 11.2. The zero-order chi connectivity index (χ0) is 23.2. The molecular formula is C24H30N4O4S. The number of aryl methyl sites for hydroxylation is 1. The lowest BCUT2D eigenvalue weighted by Crippen LogP contribution is -2.46. The molecule has 176 valence electrons. The summed E-state index contributed by atoms with van der Waals surface area (Å²) < 4.78 is 36.5. The van der Waals surface area contributed by atoms with Gasteiger partial charge in [-0.05, 0) is 56.6 Å². The van der Waals surface area contributed by atoms with E-state index in [-0.39, 0.29) is 22.8 Å². The van der Waals surface area contributed by atoms with Gasteiger partial charge in [0.15, 0.2) is 0 Å². The number of amides is 1. The lowest BCUT2D eigenvalue weighted by Gasteiger charge is -2.34. The van der Waals surface area contributed by atoms with Gasteiger partial charge in [-0.1, -0.05) is 6.07 Å². The summed E-state index contributed by atoms with van der Waals surface area (Å²) in [5.74, 6) is 0.548. The van der Waals surface area contributed by atoms with Crippen molar-refractivity contribution in [1.82, 2.24) is 14.2 Å². The third kappa shape index (κ3) is 4.27. The summed E-state index contributed by atoms with van der Waals surface area (Å²) in [6.07, 6.45) is 4.85. The number of carbonyl (C=O) groups is 1. The molecule has 0 radical (unpaired) electrons. The van der Waals surface area contributed by atoms with Crippen molar-refractivity contribution in [1.29, 1.82) is 0 Å². The normalized spacial score (nSPS) is 24.1. The zero-order valence-corrected chi connectivity index (χ0v) is 19.7. The van der Waals surface area contributed by atoms with E-state index in [0.29, 0.717) is 63.6 Å². The molecule has 1 N–H and O–H groups in total. The Morgan fingerprint density at radius 1 is 1.12 bits per heavy atom. The number of hydrogen-bond acceptors (Lipinski definition) is 4. The number of carbonyl (C=O) groups excluding carboxylic acids is 1. The number of sulfonamides is 1. The Morgan fingerprint density at radius 3 is 2.45 bits per heavy atom. The molecule has 2 heterocycles. The maximum absolute atomic E-state index is 13.2. The molecule has 1 aromatic heterocycles. The summed E-state index contributed by atoms with van der Waals surface area (Å²) in [6.45, 7) is 10.1. The number of morpholine rings is 1. The van der Waals surface area contributed by atoms with Crippen LogP contribution in [0.2, 0.25) is 0 Å². The molecule has 0 bridgehead atoms. The van der Waals surface area contributed by atoms with Crippen molar-refractivity contribution in [3.63, 3.8) is 0 Å². The Bertz CT molecular complexity index is 1210. The van der Waals surface area contributed by atoms with Gasteiger partial charge in [-0.2, -0.15) is 0 Å². The number of nitrogens with zero attached hydrogens (tertiary/aromatic N) is 3. The van der Waals surface area contributed by atoms with Crippen LogP contribution in [0.3, 0.4) is 0 Å². The van der Waals surface area contributed by atoms with Crippen molar-refractivity contribution in [3.05, 3.63) is 35.3 Å². The quantitative estimate of drug-likeness (QED) is 0.680.